The normalized spacial score (nSPS) is 13.9. The number of alkyl halides is 3. The maximum Gasteiger partial charge on any atom is 0.402 e. The van der Waals surface area contributed by atoms with E-state index in [-0.39, 0.29) is 16.5 Å². The van der Waals surface area contributed by atoms with E-state index in [0.29, 0.717) is 22.0 Å². The van der Waals surface area contributed by atoms with Crippen LogP contribution in [0.25, 0.3) is 10.8 Å². The molecule has 4 rings (SSSR count). The highest BCUT2D eigenvalue weighted by atomic mass is 32.2. The van der Waals surface area contributed by atoms with Gasteiger partial charge in [0.05, 0.1) is 9.79 Å². The number of benzene rings is 3. The van der Waals surface area contributed by atoms with Crippen LogP contribution in [-0.2, 0) is 20.0 Å². The number of carbonyl (C=O) groups is 1. The number of anilines is 2. The first-order valence-corrected chi connectivity index (χ1v) is 11.9. The van der Waals surface area contributed by atoms with Gasteiger partial charge in [-0.25, -0.2) is 21.6 Å². The Morgan fingerprint density at radius 3 is 2.22 bits per heavy atom. The number of carbonyl (C=O) groups excluding carboxylic acids is 1. The van der Waals surface area contributed by atoms with Gasteiger partial charge in [0.2, 0.25) is 10.0 Å². The van der Waals surface area contributed by atoms with E-state index in [1.165, 1.54) is 16.9 Å². The Kier molecular flexibility index (Phi) is 5.14. The molecule has 1 aliphatic heterocycles. The van der Waals surface area contributed by atoms with E-state index in [4.69, 9.17) is 0 Å². The van der Waals surface area contributed by atoms with Crippen LogP contribution in [0.2, 0.25) is 0 Å². The molecule has 13 heteroatoms. The summed E-state index contributed by atoms with van der Waals surface area (Å²) in [7, 11) is -8.57. The van der Waals surface area contributed by atoms with Gasteiger partial charge in [-0.05, 0) is 42.5 Å². The van der Waals surface area contributed by atoms with Gasteiger partial charge in [0.1, 0.15) is 6.54 Å². The molecule has 0 saturated heterocycles. The van der Waals surface area contributed by atoms with Gasteiger partial charge in [-0.1, -0.05) is 12.1 Å². The predicted molar refractivity (Wildman–Crippen MR) is 110 cm³/mol. The minimum Gasteiger partial charge on any atom is -0.321 e. The lowest BCUT2D eigenvalue weighted by molar-refractivity contribution is -0.121. The SMILES string of the molecule is O=C1Nc2ccc(S(=O)(=O)Nc3ccc(S(=O)(=O)NCC(F)(F)F)cc3)c3cccc1c23. The molecule has 0 aliphatic carbocycles. The zero-order valence-corrected chi connectivity index (χ0v) is 17.5. The van der Waals surface area contributed by atoms with Gasteiger partial charge in [-0.15, -0.1) is 0 Å². The molecule has 1 heterocycles. The van der Waals surface area contributed by atoms with Gasteiger partial charge >= 0.3 is 6.18 Å². The van der Waals surface area contributed by atoms with Crippen molar-refractivity contribution in [3.05, 3.63) is 60.2 Å². The Bertz CT molecular complexity index is 1450. The first-order valence-electron chi connectivity index (χ1n) is 8.94. The molecule has 3 N–H and O–H groups in total. The lowest BCUT2D eigenvalue weighted by atomic mass is 10.1. The first kappa shape index (κ1) is 22.0. The van der Waals surface area contributed by atoms with E-state index < -0.39 is 37.7 Å². The third kappa shape index (κ3) is 4.13. The van der Waals surface area contributed by atoms with Crippen LogP contribution in [0, 0.1) is 0 Å². The van der Waals surface area contributed by atoms with Gasteiger partial charge in [0, 0.05) is 27.7 Å². The van der Waals surface area contributed by atoms with Gasteiger partial charge in [-0.2, -0.15) is 13.2 Å². The van der Waals surface area contributed by atoms with Gasteiger partial charge in [0.15, 0.2) is 0 Å². The smallest absolute Gasteiger partial charge is 0.321 e. The van der Waals surface area contributed by atoms with Crippen molar-refractivity contribution in [1.82, 2.24) is 4.72 Å². The molecule has 0 radical (unpaired) electrons. The van der Waals surface area contributed by atoms with Crippen molar-refractivity contribution in [2.75, 3.05) is 16.6 Å². The van der Waals surface area contributed by atoms with Crippen LogP contribution in [0.15, 0.2) is 64.4 Å². The minimum atomic E-state index is -4.72. The Labute approximate surface area is 180 Å². The van der Waals surface area contributed by atoms with Crippen molar-refractivity contribution in [2.45, 2.75) is 16.0 Å². The Balaban J connectivity index is 1.62. The van der Waals surface area contributed by atoms with E-state index in [1.54, 1.807) is 18.2 Å². The highest BCUT2D eigenvalue weighted by Crippen LogP contribution is 2.37. The highest BCUT2D eigenvalue weighted by molar-refractivity contribution is 7.93. The van der Waals surface area contributed by atoms with Gasteiger partial charge in [-0.3, -0.25) is 9.52 Å². The average Bonchev–Trinajstić information content (AvgIpc) is 3.04. The quantitative estimate of drug-likeness (QED) is 0.496. The molecule has 0 spiro atoms. The van der Waals surface area contributed by atoms with Gasteiger partial charge < -0.3 is 5.32 Å². The van der Waals surface area contributed by atoms with Crippen LogP contribution >= 0.6 is 0 Å². The van der Waals surface area contributed by atoms with Crippen LogP contribution in [0.3, 0.4) is 0 Å². The second-order valence-corrected chi connectivity index (χ2v) is 10.3. The van der Waals surface area contributed by atoms with Crippen LogP contribution in [0.4, 0.5) is 24.5 Å². The Morgan fingerprint density at radius 1 is 0.875 bits per heavy atom. The molecule has 1 amide bonds. The largest absolute Gasteiger partial charge is 0.402 e. The van der Waals surface area contributed by atoms with E-state index in [0.717, 1.165) is 24.3 Å². The Hall–Kier alpha value is -3.16. The summed E-state index contributed by atoms with van der Waals surface area (Å²) in [4.78, 5) is 11.5. The molecule has 3 aromatic carbocycles. The van der Waals surface area contributed by atoms with Crippen LogP contribution in [0.1, 0.15) is 10.4 Å². The summed E-state index contributed by atoms with van der Waals surface area (Å²) in [6.07, 6.45) is -4.72. The number of rotatable bonds is 6. The summed E-state index contributed by atoms with van der Waals surface area (Å²) < 4.78 is 90.4. The third-order valence-corrected chi connectivity index (χ3v) is 7.52. The van der Waals surface area contributed by atoms with Crippen LogP contribution in [-0.4, -0.2) is 35.5 Å². The number of hydrogen-bond acceptors (Lipinski definition) is 5. The van der Waals surface area contributed by atoms with E-state index in [2.05, 4.69) is 10.0 Å². The number of halogens is 3. The molecular weight excluding hydrogens is 471 g/mol. The molecular formula is C19H14F3N3O5S2. The van der Waals surface area contributed by atoms with Crippen molar-refractivity contribution in [3.8, 4) is 0 Å². The summed E-state index contributed by atoms with van der Waals surface area (Å²) in [5.41, 5.74) is 0.827. The summed E-state index contributed by atoms with van der Waals surface area (Å²) >= 11 is 0. The zero-order chi connectivity index (χ0) is 23.3. The van der Waals surface area contributed by atoms with Crippen molar-refractivity contribution in [2.24, 2.45) is 0 Å². The molecule has 0 fully saturated rings. The summed E-state index contributed by atoms with van der Waals surface area (Å²) in [5, 5.41) is 3.44. The minimum absolute atomic E-state index is 0.00257. The molecule has 0 unspecified atom stereocenters. The summed E-state index contributed by atoms with van der Waals surface area (Å²) in [5.74, 6) is -0.343. The number of sulfonamides is 2. The molecule has 1 aliphatic rings. The summed E-state index contributed by atoms with van der Waals surface area (Å²) in [6, 6.07) is 11.7. The standard InChI is InChI=1S/C19H14F3N3O5S2/c20-19(21,22)10-23-31(27,28)12-6-4-11(5-7-12)25-32(29,30)16-9-8-15-17-13(16)2-1-3-14(17)18(26)24-15/h1-9,23,25H,10H2,(H,24,26). The topological polar surface area (TPSA) is 121 Å². The monoisotopic (exact) mass is 485 g/mol. The number of amides is 1. The van der Waals surface area contributed by atoms with Crippen molar-refractivity contribution in [3.63, 3.8) is 0 Å². The maximum absolute atomic E-state index is 13.0. The third-order valence-electron chi connectivity index (χ3n) is 4.66. The first-order chi connectivity index (χ1) is 14.9. The molecule has 0 bridgehead atoms. The Morgan fingerprint density at radius 2 is 1.56 bits per heavy atom. The van der Waals surface area contributed by atoms with E-state index in [1.807, 2.05) is 0 Å². The van der Waals surface area contributed by atoms with E-state index >= 15 is 0 Å². The number of nitrogens with one attached hydrogen (secondary N) is 3. The second kappa shape index (κ2) is 7.46. The summed E-state index contributed by atoms with van der Waals surface area (Å²) in [6.45, 7) is -1.73. The second-order valence-electron chi connectivity index (χ2n) is 6.86. The molecule has 3 aromatic rings. The molecule has 8 nitrogen and oxygen atoms in total. The van der Waals surface area contributed by atoms with Crippen molar-refractivity contribution >= 4 is 48.1 Å². The van der Waals surface area contributed by atoms with Crippen molar-refractivity contribution < 1.29 is 34.8 Å². The maximum atomic E-state index is 13.0. The fourth-order valence-electron chi connectivity index (χ4n) is 3.27. The fourth-order valence-corrected chi connectivity index (χ4v) is 5.55. The van der Waals surface area contributed by atoms with Crippen LogP contribution in [0.5, 0.6) is 0 Å². The molecule has 0 atom stereocenters. The fraction of sp³-hybridized carbons (Fsp3) is 0.105. The molecule has 168 valence electrons. The number of hydrogen-bond donors (Lipinski definition) is 3. The van der Waals surface area contributed by atoms with E-state index in [9.17, 15) is 34.8 Å². The van der Waals surface area contributed by atoms with Crippen LogP contribution < -0.4 is 14.8 Å². The zero-order valence-electron chi connectivity index (χ0n) is 15.9. The van der Waals surface area contributed by atoms with Gasteiger partial charge in [0.25, 0.3) is 15.9 Å². The molecule has 32 heavy (non-hydrogen) atoms. The lowest BCUT2D eigenvalue weighted by Gasteiger charge is -2.12. The molecule has 0 aromatic heterocycles. The predicted octanol–water partition coefficient (Wildman–Crippen LogP) is 3.05. The van der Waals surface area contributed by atoms with Crippen molar-refractivity contribution in [1.29, 1.82) is 0 Å². The highest BCUT2D eigenvalue weighted by Gasteiger charge is 2.30. The lowest BCUT2D eigenvalue weighted by Crippen LogP contribution is -2.33. The molecule has 0 saturated carbocycles. The average molecular weight is 485 g/mol.